The van der Waals surface area contributed by atoms with Crippen LogP contribution >= 0.6 is 0 Å². The van der Waals surface area contributed by atoms with Gasteiger partial charge in [0.15, 0.2) is 5.84 Å². The van der Waals surface area contributed by atoms with Crippen molar-refractivity contribution in [2.75, 3.05) is 0 Å². The van der Waals surface area contributed by atoms with Crippen molar-refractivity contribution in [3.05, 3.63) is 192 Å². The van der Waals surface area contributed by atoms with Gasteiger partial charge in [-0.3, -0.25) is 0 Å². The zero-order valence-corrected chi connectivity index (χ0v) is 29.9. The Bertz CT molecular complexity index is 2960. The Hall–Kier alpha value is -7.29. The SMILES string of the molecule is N#Cc1cc(-c2ccc3ccc(-c4ccc(C5=NC(C6=CCCC=C6)NC(c6ccccc6)=N5)cc4)cc3c2)cc(-c2cccc3c2oc2ccccc23)c1. The van der Waals surface area contributed by atoms with E-state index in [1.807, 2.05) is 48.5 Å². The third-order valence-electron chi connectivity index (χ3n) is 10.6. The maximum Gasteiger partial charge on any atom is 0.159 e. The summed E-state index contributed by atoms with van der Waals surface area (Å²) in [6.45, 7) is 0. The number of benzene rings is 7. The van der Waals surface area contributed by atoms with Crippen LogP contribution in [0.25, 0.3) is 66.1 Å². The molecule has 0 radical (unpaired) electrons. The van der Waals surface area contributed by atoms with Gasteiger partial charge in [-0.15, -0.1) is 0 Å². The Labute approximate surface area is 318 Å². The Morgan fingerprint density at radius 2 is 1.33 bits per heavy atom. The van der Waals surface area contributed by atoms with E-state index in [0.29, 0.717) is 11.4 Å². The zero-order valence-electron chi connectivity index (χ0n) is 29.9. The summed E-state index contributed by atoms with van der Waals surface area (Å²) >= 11 is 0. The number of nitrogens with one attached hydrogen (secondary N) is 1. The average Bonchev–Trinajstić information content (AvgIpc) is 3.65. The molecule has 0 amide bonds. The summed E-state index contributed by atoms with van der Waals surface area (Å²) in [6, 6.07) is 54.6. The van der Waals surface area contributed by atoms with E-state index >= 15 is 0 Å². The van der Waals surface area contributed by atoms with Crippen LogP contribution < -0.4 is 5.32 Å². The highest BCUT2D eigenvalue weighted by Gasteiger charge is 2.22. The number of hydrogen-bond acceptors (Lipinski definition) is 5. The standard InChI is InChI=1S/C50H34N4O/c51-31-32-26-40(30-42(27-32)43-15-9-16-45-44-14-7-8-17-46(44)55-47(43)45)39-25-21-34-20-24-38(28-41(34)29-39)33-18-22-37(23-19-33)50-53-48(35-10-3-1-4-11-35)52-49(54-50)36-12-5-2-6-13-36/h1,3-5,7-30,49H,2,6H2,(H,52,53,54). The lowest BCUT2D eigenvalue weighted by Gasteiger charge is -2.25. The molecule has 1 aromatic heterocycles. The van der Waals surface area contributed by atoms with E-state index in [-0.39, 0.29) is 6.17 Å². The lowest BCUT2D eigenvalue weighted by atomic mass is 9.93. The molecule has 55 heavy (non-hydrogen) atoms. The molecule has 0 saturated carbocycles. The fourth-order valence-electron chi connectivity index (χ4n) is 7.73. The monoisotopic (exact) mass is 706 g/mol. The van der Waals surface area contributed by atoms with Crippen molar-refractivity contribution in [1.29, 1.82) is 5.26 Å². The molecule has 1 atom stereocenters. The lowest BCUT2D eigenvalue weighted by molar-refractivity contribution is 0.670. The second kappa shape index (κ2) is 13.6. The summed E-state index contributed by atoms with van der Waals surface area (Å²) in [4.78, 5) is 10.1. The minimum atomic E-state index is -0.197. The predicted octanol–water partition coefficient (Wildman–Crippen LogP) is 12.0. The molecule has 2 aliphatic rings. The molecule has 0 fully saturated rings. The number of allylic oxidation sites excluding steroid dienone is 2. The van der Waals surface area contributed by atoms with Crippen LogP contribution in [0, 0.1) is 11.3 Å². The molecular formula is C50H34N4O. The smallest absolute Gasteiger partial charge is 0.159 e. The summed E-state index contributed by atoms with van der Waals surface area (Å²) < 4.78 is 6.36. The number of para-hydroxylation sites is 2. The summed E-state index contributed by atoms with van der Waals surface area (Å²) in [6.07, 6.45) is 8.53. The molecule has 7 aromatic carbocycles. The number of hydrogen-bond donors (Lipinski definition) is 1. The van der Waals surface area contributed by atoms with Crippen molar-refractivity contribution in [3.63, 3.8) is 0 Å². The highest BCUT2D eigenvalue weighted by Crippen LogP contribution is 2.38. The summed E-state index contributed by atoms with van der Waals surface area (Å²) in [7, 11) is 0. The summed E-state index contributed by atoms with van der Waals surface area (Å²) in [5.74, 6) is 1.54. The second-order valence-electron chi connectivity index (χ2n) is 14.1. The van der Waals surface area contributed by atoms with Crippen molar-refractivity contribution in [2.24, 2.45) is 9.98 Å². The van der Waals surface area contributed by atoms with Crippen molar-refractivity contribution in [2.45, 2.75) is 19.0 Å². The van der Waals surface area contributed by atoms with Gasteiger partial charge < -0.3 is 9.73 Å². The molecule has 10 rings (SSSR count). The number of nitriles is 1. The molecule has 2 heterocycles. The van der Waals surface area contributed by atoms with Gasteiger partial charge in [0.05, 0.1) is 11.6 Å². The molecule has 1 aliphatic carbocycles. The van der Waals surface area contributed by atoms with Gasteiger partial charge >= 0.3 is 0 Å². The summed E-state index contributed by atoms with van der Waals surface area (Å²) in [5.41, 5.74) is 11.6. The van der Waals surface area contributed by atoms with E-state index < -0.39 is 0 Å². The van der Waals surface area contributed by atoms with E-state index in [9.17, 15) is 5.26 Å². The van der Waals surface area contributed by atoms with Crippen molar-refractivity contribution >= 4 is 44.4 Å². The fraction of sp³-hybridized carbons (Fsp3) is 0.0600. The molecule has 1 unspecified atom stereocenters. The first-order valence-corrected chi connectivity index (χ1v) is 18.6. The molecular weight excluding hydrogens is 673 g/mol. The van der Waals surface area contributed by atoms with E-state index in [1.54, 1.807) is 0 Å². The number of aliphatic imine (C=N–C) groups is 2. The van der Waals surface area contributed by atoms with Gasteiger partial charge in [0.25, 0.3) is 0 Å². The molecule has 0 bridgehead atoms. The van der Waals surface area contributed by atoms with Crippen molar-refractivity contribution < 1.29 is 4.42 Å². The molecule has 1 aliphatic heterocycles. The van der Waals surface area contributed by atoms with Crippen LogP contribution in [0.2, 0.25) is 0 Å². The Balaban J connectivity index is 0.984. The third kappa shape index (κ3) is 6.10. The maximum atomic E-state index is 10.1. The highest BCUT2D eigenvalue weighted by molar-refractivity contribution is 6.13. The normalized spacial score (nSPS) is 15.3. The van der Waals surface area contributed by atoms with E-state index in [4.69, 9.17) is 14.4 Å². The third-order valence-corrected chi connectivity index (χ3v) is 10.6. The Kier molecular flexibility index (Phi) is 8.00. The fourth-order valence-corrected chi connectivity index (χ4v) is 7.73. The largest absolute Gasteiger partial charge is 0.455 e. The minimum Gasteiger partial charge on any atom is -0.455 e. The van der Waals surface area contributed by atoms with Crippen molar-refractivity contribution in [1.82, 2.24) is 5.32 Å². The van der Waals surface area contributed by atoms with E-state index in [0.717, 1.165) is 95.9 Å². The van der Waals surface area contributed by atoms with Crippen LogP contribution in [-0.2, 0) is 0 Å². The van der Waals surface area contributed by atoms with Crippen LogP contribution in [0.1, 0.15) is 29.5 Å². The van der Waals surface area contributed by atoms with Crippen LogP contribution in [0.15, 0.2) is 190 Å². The lowest BCUT2D eigenvalue weighted by Crippen LogP contribution is -2.40. The van der Waals surface area contributed by atoms with Gasteiger partial charge in [0.1, 0.15) is 23.2 Å². The molecule has 1 N–H and O–H groups in total. The molecule has 8 aromatic rings. The molecule has 260 valence electrons. The number of rotatable bonds is 6. The Morgan fingerprint density at radius 3 is 2.13 bits per heavy atom. The predicted molar refractivity (Wildman–Crippen MR) is 225 cm³/mol. The average molecular weight is 707 g/mol. The van der Waals surface area contributed by atoms with Gasteiger partial charge in [0, 0.05) is 27.5 Å². The van der Waals surface area contributed by atoms with E-state index in [2.05, 4.69) is 133 Å². The van der Waals surface area contributed by atoms with Gasteiger partial charge in [-0.25, -0.2) is 9.98 Å². The van der Waals surface area contributed by atoms with Crippen LogP contribution in [0.3, 0.4) is 0 Å². The van der Waals surface area contributed by atoms with Crippen LogP contribution in [0.5, 0.6) is 0 Å². The first-order chi connectivity index (χ1) is 27.2. The highest BCUT2D eigenvalue weighted by atomic mass is 16.3. The number of nitrogens with zero attached hydrogens (tertiary/aromatic N) is 3. The van der Waals surface area contributed by atoms with E-state index in [1.165, 1.54) is 5.57 Å². The topological polar surface area (TPSA) is 73.7 Å². The number of furan rings is 1. The van der Waals surface area contributed by atoms with Crippen molar-refractivity contribution in [3.8, 4) is 39.4 Å². The van der Waals surface area contributed by atoms with Gasteiger partial charge in [0.2, 0.25) is 0 Å². The zero-order chi connectivity index (χ0) is 36.7. The first-order valence-electron chi connectivity index (χ1n) is 18.6. The number of amidine groups is 2. The molecule has 5 nitrogen and oxygen atoms in total. The molecule has 5 heteroatoms. The van der Waals surface area contributed by atoms with Crippen LogP contribution in [0.4, 0.5) is 0 Å². The van der Waals surface area contributed by atoms with Gasteiger partial charge in [-0.2, -0.15) is 5.26 Å². The maximum absolute atomic E-state index is 10.1. The summed E-state index contributed by atoms with van der Waals surface area (Å²) in [5, 5.41) is 18.1. The van der Waals surface area contributed by atoms with Crippen LogP contribution in [-0.4, -0.2) is 17.8 Å². The quantitative estimate of drug-likeness (QED) is 0.187. The first kappa shape index (κ1) is 32.4. The van der Waals surface area contributed by atoms with Gasteiger partial charge in [-0.1, -0.05) is 133 Å². The number of fused-ring (bicyclic) bond motifs is 4. The van der Waals surface area contributed by atoms with Gasteiger partial charge in [-0.05, 0) is 93.4 Å². The minimum absolute atomic E-state index is 0.197. The molecule has 0 saturated heterocycles. The Morgan fingerprint density at radius 1 is 0.600 bits per heavy atom. The molecule has 0 spiro atoms. The second-order valence-corrected chi connectivity index (χ2v) is 14.1.